The predicted octanol–water partition coefficient (Wildman–Crippen LogP) is 1.85. The molecule has 3 rings (SSSR count). The van der Waals surface area contributed by atoms with E-state index >= 15 is 0 Å². The molecular formula is C18H25N5O2. The van der Waals surface area contributed by atoms with Gasteiger partial charge in [0.25, 0.3) is 0 Å². The number of likely N-dealkylation sites (tertiary alicyclic amines) is 1. The fourth-order valence-corrected chi connectivity index (χ4v) is 3.45. The van der Waals surface area contributed by atoms with Gasteiger partial charge in [0.1, 0.15) is 5.82 Å². The van der Waals surface area contributed by atoms with Gasteiger partial charge in [-0.25, -0.2) is 9.78 Å². The lowest BCUT2D eigenvalue weighted by molar-refractivity contribution is -0.119. The van der Waals surface area contributed by atoms with Gasteiger partial charge in [0, 0.05) is 32.0 Å². The minimum Gasteiger partial charge on any atom is -0.370 e. The first-order chi connectivity index (χ1) is 12.0. The van der Waals surface area contributed by atoms with Crippen LogP contribution in [-0.4, -0.2) is 45.9 Å². The second kappa shape index (κ2) is 7.55. The number of fused-ring (bicyclic) bond motifs is 1. The number of piperidine rings is 1. The number of imidazole rings is 1. The van der Waals surface area contributed by atoms with Crippen molar-refractivity contribution in [1.82, 2.24) is 20.2 Å². The zero-order valence-corrected chi connectivity index (χ0v) is 14.5. The molecule has 1 fully saturated rings. The summed E-state index contributed by atoms with van der Waals surface area (Å²) in [5, 5.41) is 2.94. The molecule has 1 aliphatic rings. The van der Waals surface area contributed by atoms with Gasteiger partial charge in [0.2, 0.25) is 5.91 Å². The summed E-state index contributed by atoms with van der Waals surface area (Å²) in [6.07, 6.45) is 3.69. The van der Waals surface area contributed by atoms with Gasteiger partial charge in [0.05, 0.1) is 11.0 Å². The van der Waals surface area contributed by atoms with Gasteiger partial charge in [-0.15, -0.1) is 0 Å². The summed E-state index contributed by atoms with van der Waals surface area (Å²) < 4.78 is 0. The van der Waals surface area contributed by atoms with Crippen LogP contribution in [0, 0.1) is 6.92 Å². The lowest BCUT2D eigenvalue weighted by Gasteiger charge is -2.35. The van der Waals surface area contributed by atoms with E-state index in [4.69, 9.17) is 5.73 Å². The maximum absolute atomic E-state index is 12.4. The molecule has 7 nitrogen and oxygen atoms in total. The molecule has 0 aliphatic carbocycles. The van der Waals surface area contributed by atoms with Crippen LogP contribution in [0.2, 0.25) is 0 Å². The van der Waals surface area contributed by atoms with Crippen LogP contribution in [0.3, 0.4) is 0 Å². The zero-order chi connectivity index (χ0) is 17.8. The maximum Gasteiger partial charge on any atom is 0.317 e. The van der Waals surface area contributed by atoms with Gasteiger partial charge in [-0.05, 0) is 37.8 Å². The van der Waals surface area contributed by atoms with Crippen LogP contribution in [0.5, 0.6) is 0 Å². The summed E-state index contributed by atoms with van der Waals surface area (Å²) in [5.74, 6) is 0.499. The molecule has 1 aromatic heterocycles. The minimum atomic E-state index is -0.359. The first-order valence-electron chi connectivity index (χ1n) is 8.81. The summed E-state index contributed by atoms with van der Waals surface area (Å²) >= 11 is 0. The Kier molecular flexibility index (Phi) is 5.21. The van der Waals surface area contributed by atoms with Gasteiger partial charge in [-0.2, -0.15) is 0 Å². The average molecular weight is 343 g/mol. The first kappa shape index (κ1) is 17.3. The Bertz CT molecular complexity index is 770. The number of rotatable bonds is 5. The smallest absolute Gasteiger partial charge is 0.317 e. The number of urea groups is 1. The van der Waals surface area contributed by atoms with Gasteiger partial charge >= 0.3 is 6.03 Å². The maximum atomic E-state index is 12.4. The molecule has 0 bridgehead atoms. The van der Waals surface area contributed by atoms with Gasteiger partial charge in [0.15, 0.2) is 0 Å². The highest BCUT2D eigenvalue weighted by Gasteiger charge is 2.27. The molecule has 1 aromatic carbocycles. The van der Waals surface area contributed by atoms with Gasteiger partial charge in [-0.1, -0.05) is 12.1 Å². The Morgan fingerprint density at radius 2 is 2.24 bits per heavy atom. The standard InChI is InChI=1S/C18H25N5O2/c1-12-5-4-7-14-17(12)22-16(21-14)8-9-20-18(25)23-10-3-2-6-13(23)11-15(19)24/h4-5,7,13H,2-3,6,8-11H2,1H3,(H2,19,24)(H,20,25)(H,21,22)/t13-/m1/s1. The number of amides is 3. The number of para-hydroxylation sites is 1. The molecular weight excluding hydrogens is 318 g/mol. The lowest BCUT2D eigenvalue weighted by Crippen LogP contribution is -2.50. The molecule has 1 atom stereocenters. The predicted molar refractivity (Wildman–Crippen MR) is 96.1 cm³/mol. The van der Waals surface area contributed by atoms with Crippen LogP contribution in [0.1, 0.15) is 37.1 Å². The van der Waals surface area contributed by atoms with Crippen molar-refractivity contribution in [3.8, 4) is 0 Å². The van der Waals surface area contributed by atoms with Crippen LogP contribution in [0.25, 0.3) is 11.0 Å². The summed E-state index contributed by atoms with van der Waals surface area (Å²) in [6.45, 7) is 3.20. The van der Waals surface area contributed by atoms with E-state index in [1.54, 1.807) is 4.90 Å². The van der Waals surface area contributed by atoms with Crippen molar-refractivity contribution in [3.05, 3.63) is 29.6 Å². The number of carbonyl (C=O) groups is 2. The molecule has 4 N–H and O–H groups in total. The first-order valence-corrected chi connectivity index (χ1v) is 8.81. The second-order valence-corrected chi connectivity index (χ2v) is 6.65. The number of primary amides is 1. The molecule has 7 heteroatoms. The van der Waals surface area contributed by atoms with Crippen molar-refractivity contribution in [2.45, 2.75) is 45.1 Å². The molecule has 0 saturated carbocycles. The highest BCUT2D eigenvalue weighted by atomic mass is 16.2. The number of nitrogens with two attached hydrogens (primary N) is 1. The number of nitrogens with one attached hydrogen (secondary N) is 2. The lowest BCUT2D eigenvalue weighted by atomic mass is 9.99. The zero-order valence-electron chi connectivity index (χ0n) is 14.5. The van der Waals surface area contributed by atoms with E-state index in [-0.39, 0.29) is 24.4 Å². The molecule has 25 heavy (non-hydrogen) atoms. The van der Waals surface area contributed by atoms with E-state index in [1.165, 1.54) is 0 Å². The molecule has 0 spiro atoms. The molecule has 1 aliphatic heterocycles. The van der Waals surface area contributed by atoms with Crippen LogP contribution in [0.4, 0.5) is 4.79 Å². The number of hydrogen-bond acceptors (Lipinski definition) is 3. The third kappa shape index (κ3) is 4.10. The van der Waals surface area contributed by atoms with Crippen molar-refractivity contribution in [3.63, 3.8) is 0 Å². The topological polar surface area (TPSA) is 104 Å². The Hall–Kier alpha value is -2.57. The number of H-pyrrole nitrogens is 1. The van der Waals surface area contributed by atoms with Crippen molar-refractivity contribution in [2.24, 2.45) is 5.73 Å². The Morgan fingerprint density at radius 3 is 3.00 bits per heavy atom. The van der Waals surface area contributed by atoms with Crippen LogP contribution in [0.15, 0.2) is 18.2 Å². The van der Waals surface area contributed by atoms with Crippen molar-refractivity contribution in [1.29, 1.82) is 0 Å². The highest BCUT2D eigenvalue weighted by molar-refractivity contribution is 5.79. The molecule has 2 aromatic rings. The normalized spacial score (nSPS) is 17.6. The molecule has 2 heterocycles. The van der Waals surface area contributed by atoms with E-state index in [0.717, 1.165) is 41.7 Å². The van der Waals surface area contributed by atoms with E-state index in [2.05, 4.69) is 15.3 Å². The molecule has 0 radical (unpaired) electrons. The summed E-state index contributed by atoms with van der Waals surface area (Å²) in [4.78, 5) is 33.3. The number of nitrogens with zero attached hydrogens (tertiary/aromatic N) is 2. The number of aromatic nitrogens is 2. The van der Waals surface area contributed by atoms with E-state index in [0.29, 0.717) is 19.5 Å². The molecule has 0 unspecified atom stereocenters. The largest absolute Gasteiger partial charge is 0.370 e. The van der Waals surface area contributed by atoms with Crippen molar-refractivity contribution in [2.75, 3.05) is 13.1 Å². The number of aryl methyl sites for hydroxylation is 1. The van der Waals surface area contributed by atoms with Crippen molar-refractivity contribution < 1.29 is 9.59 Å². The van der Waals surface area contributed by atoms with Gasteiger partial charge in [-0.3, -0.25) is 4.79 Å². The summed E-state index contributed by atoms with van der Waals surface area (Å²) in [5.41, 5.74) is 8.42. The van der Waals surface area contributed by atoms with E-state index in [9.17, 15) is 9.59 Å². The van der Waals surface area contributed by atoms with E-state index in [1.807, 2.05) is 25.1 Å². The summed E-state index contributed by atoms with van der Waals surface area (Å²) in [7, 11) is 0. The third-order valence-electron chi connectivity index (χ3n) is 4.73. The number of aromatic amines is 1. The molecule has 1 saturated heterocycles. The highest BCUT2D eigenvalue weighted by Crippen LogP contribution is 2.19. The Balaban J connectivity index is 1.55. The average Bonchev–Trinajstić information content (AvgIpc) is 2.99. The third-order valence-corrected chi connectivity index (χ3v) is 4.73. The fraction of sp³-hybridized carbons (Fsp3) is 0.500. The summed E-state index contributed by atoms with van der Waals surface area (Å²) in [6, 6.07) is 5.82. The Labute approximate surface area is 147 Å². The van der Waals surface area contributed by atoms with E-state index < -0.39 is 0 Å². The quantitative estimate of drug-likeness (QED) is 0.771. The number of carbonyl (C=O) groups excluding carboxylic acids is 2. The van der Waals surface area contributed by atoms with Crippen LogP contribution in [-0.2, 0) is 11.2 Å². The monoisotopic (exact) mass is 343 g/mol. The Morgan fingerprint density at radius 1 is 1.40 bits per heavy atom. The SMILES string of the molecule is Cc1cccc2[nH]c(CCNC(=O)N3CCCC[C@@H]3CC(N)=O)nc12. The molecule has 3 amide bonds. The number of benzene rings is 1. The van der Waals surface area contributed by atoms with Crippen LogP contribution >= 0.6 is 0 Å². The molecule has 134 valence electrons. The minimum absolute atomic E-state index is 0.0832. The van der Waals surface area contributed by atoms with Crippen molar-refractivity contribution >= 4 is 23.0 Å². The van der Waals surface area contributed by atoms with Gasteiger partial charge < -0.3 is 20.9 Å². The number of hydrogen-bond donors (Lipinski definition) is 3. The second-order valence-electron chi connectivity index (χ2n) is 6.65. The van der Waals surface area contributed by atoms with Crippen LogP contribution < -0.4 is 11.1 Å². The fourth-order valence-electron chi connectivity index (χ4n) is 3.45.